The molecule has 0 radical (unpaired) electrons. The Morgan fingerprint density at radius 3 is 2.00 bits per heavy atom. The molecule has 1 saturated carbocycles. The van der Waals surface area contributed by atoms with E-state index in [1.54, 1.807) is 0 Å². The summed E-state index contributed by atoms with van der Waals surface area (Å²) in [5.41, 5.74) is 5.46. The number of hydrogen-bond donors (Lipinski definition) is 1. The van der Waals surface area contributed by atoms with Gasteiger partial charge in [-0.1, -0.05) is 26.7 Å². The summed E-state index contributed by atoms with van der Waals surface area (Å²) in [6.45, 7) is 6.07. The van der Waals surface area contributed by atoms with Crippen molar-refractivity contribution in [3.05, 3.63) is 0 Å². The molecule has 2 N–H and O–H groups in total. The molecule has 3 nitrogen and oxygen atoms in total. The molecule has 0 heterocycles. The molecule has 0 aromatic carbocycles. The van der Waals surface area contributed by atoms with E-state index < -0.39 is 5.54 Å². The van der Waals surface area contributed by atoms with Gasteiger partial charge in [0.15, 0.2) is 0 Å². The third kappa shape index (κ3) is 3.49. The van der Waals surface area contributed by atoms with Gasteiger partial charge in [-0.05, 0) is 25.7 Å². The van der Waals surface area contributed by atoms with Gasteiger partial charge in [0.25, 0.3) is 0 Å². The fourth-order valence-corrected chi connectivity index (χ4v) is 1.68. The molecule has 88 valence electrons. The molecule has 0 spiro atoms. The minimum absolute atomic E-state index is 0.185. The van der Waals surface area contributed by atoms with Crippen molar-refractivity contribution in [2.45, 2.75) is 57.9 Å². The molecule has 0 atom stereocenters. The van der Waals surface area contributed by atoms with Crippen molar-refractivity contribution >= 4 is 5.91 Å². The van der Waals surface area contributed by atoms with Crippen molar-refractivity contribution in [1.82, 2.24) is 4.90 Å². The van der Waals surface area contributed by atoms with Gasteiger partial charge in [-0.3, -0.25) is 4.79 Å². The summed E-state index contributed by atoms with van der Waals surface area (Å²) in [5, 5.41) is 0. The van der Waals surface area contributed by atoms with Gasteiger partial charge in [0.05, 0.1) is 5.54 Å². The Balaban J connectivity index is 2.43. The molecule has 3 heteroatoms. The molecule has 0 aromatic heterocycles. The average molecular weight is 212 g/mol. The van der Waals surface area contributed by atoms with Gasteiger partial charge in [0.1, 0.15) is 0 Å². The normalized spacial score (nSPS) is 17.5. The van der Waals surface area contributed by atoms with E-state index in [-0.39, 0.29) is 5.91 Å². The van der Waals surface area contributed by atoms with Gasteiger partial charge in [0, 0.05) is 13.1 Å². The van der Waals surface area contributed by atoms with E-state index >= 15 is 0 Å². The van der Waals surface area contributed by atoms with E-state index in [4.69, 9.17) is 5.73 Å². The monoisotopic (exact) mass is 212 g/mol. The van der Waals surface area contributed by atoms with Crippen LogP contribution < -0.4 is 5.73 Å². The van der Waals surface area contributed by atoms with E-state index in [9.17, 15) is 4.79 Å². The Kier molecular flexibility index (Phi) is 4.58. The number of nitrogens with zero attached hydrogens (tertiary/aromatic N) is 1. The Hall–Kier alpha value is -0.570. The number of rotatable bonds is 7. The first-order chi connectivity index (χ1) is 7.14. The predicted molar refractivity (Wildman–Crippen MR) is 62.5 cm³/mol. The Labute approximate surface area is 93.0 Å². The first-order valence-corrected chi connectivity index (χ1v) is 6.22. The quantitative estimate of drug-likeness (QED) is 0.700. The van der Waals surface area contributed by atoms with Crippen LogP contribution in [-0.4, -0.2) is 29.4 Å². The van der Waals surface area contributed by atoms with E-state index in [2.05, 4.69) is 13.8 Å². The Morgan fingerprint density at radius 2 is 1.67 bits per heavy atom. The second kappa shape index (κ2) is 5.50. The van der Waals surface area contributed by atoms with Gasteiger partial charge >= 0.3 is 0 Å². The van der Waals surface area contributed by atoms with Crippen LogP contribution in [0.3, 0.4) is 0 Å². The maximum atomic E-state index is 12.0. The van der Waals surface area contributed by atoms with Gasteiger partial charge in [-0.2, -0.15) is 0 Å². The second-order valence-electron chi connectivity index (χ2n) is 4.66. The molecular weight excluding hydrogens is 188 g/mol. The SMILES string of the molecule is CCCCN(CCCC)C(=O)C1(N)CC1. The molecule has 1 fully saturated rings. The van der Waals surface area contributed by atoms with Gasteiger partial charge < -0.3 is 10.6 Å². The average Bonchev–Trinajstić information content (AvgIpc) is 2.97. The minimum Gasteiger partial charge on any atom is -0.341 e. The van der Waals surface area contributed by atoms with Gasteiger partial charge in [-0.15, -0.1) is 0 Å². The highest BCUT2D eigenvalue weighted by atomic mass is 16.2. The van der Waals surface area contributed by atoms with E-state index in [0.717, 1.165) is 51.6 Å². The maximum Gasteiger partial charge on any atom is 0.242 e. The molecule has 15 heavy (non-hydrogen) atoms. The fourth-order valence-electron chi connectivity index (χ4n) is 1.68. The van der Waals surface area contributed by atoms with Crippen molar-refractivity contribution in [1.29, 1.82) is 0 Å². The lowest BCUT2D eigenvalue weighted by atomic mass is 10.2. The number of carbonyl (C=O) groups excluding carboxylic acids is 1. The van der Waals surface area contributed by atoms with Crippen LogP contribution in [0.5, 0.6) is 0 Å². The summed E-state index contributed by atoms with van der Waals surface area (Å²) in [7, 11) is 0. The summed E-state index contributed by atoms with van der Waals surface area (Å²) >= 11 is 0. The predicted octanol–water partition coefficient (Wildman–Crippen LogP) is 1.91. The summed E-state index contributed by atoms with van der Waals surface area (Å²) in [4.78, 5) is 14.0. The summed E-state index contributed by atoms with van der Waals surface area (Å²) in [6, 6.07) is 0. The van der Waals surface area contributed by atoms with E-state index in [1.807, 2.05) is 4.90 Å². The molecule has 1 aliphatic carbocycles. The third-order valence-electron chi connectivity index (χ3n) is 3.06. The van der Waals surface area contributed by atoms with Crippen molar-refractivity contribution in [3.8, 4) is 0 Å². The molecule has 1 rings (SSSR count). The van der Waals surface area contributed by atoms with Crippen molar-refractivity contribution in [2.24, 2.45) is 5.73 Å². The highest BCUT2D eigenvalue weighted by Crippen LogP contribution is 2.34. The first-order valence-electron chi connectivity index (χ1n) is 6.22. The molecule has 0 bridgehead atoms. The van der Waals surface area contributed by atoms with Crippen LogP contribution in [0.15, 0.2) is 0 Å². The molecule has 1 amide bonds. The Morgan fingerprint density at radius 1 is 1.20 bits per heavy atom. The van der Waals surface area contributed by atoms with Crippen LogP contribution in [0.25, 0.3) is 0 Å². The van der Waals surface area contributed by atoms with Crippen molar-refractivity contribution in [2.75, 3.05) is 13.1 Å². The third-order valence-corrected chi connectivity index (χ3v) is 3.06. The van der Waals surface area contributed by atoms with E-state index in [1.165, 1.54) is 0 Å². The lowest BCUT2D eigenvalue weighted by Crippen LogP contribution is -2.46. The van der Waals surface area contributed by atoms with Crippen LogP contribution >= 0.6 is 0 Å². The lowest BCUT2D eigenvalue weighted by molar-refractivity contribution is -0.133. The number of hydrogen-bond acceptors (Lipinski definition) is 2. The summed E-state index contributed by atoms with van der Waals surface area (Å²) in [6.07, 6.45) is 6.19. The summed E-state index contributed by atoms with van der Waals surface area (Å²) in [5.74, 6) is 0.185. The Bertz CT molecular complexity index is 204. The smallest absolute Gasteiger partial charge is 0.242 e. The van der Waals surface area contributed by atoms with Crippen molar-refractivity contribution < 1.29 is 4.79 Å². The molecule has 0 aromatic rings. The number of amides is 1. The molecule has 0 saturated heterocycles. The largest absolute Gasteiger partial charge is 0.341 e. The molecule has 0 aliphatic heterocycles. The van der Waals surface area contributed by atoms with E-state index in [0.29, 0.717) is 0 Å². The highest BCUT2D eigenvalue weighted by molar-refractivity contribution is 5.89. The van der Waals surface area contributed by atoms with Crippen LogP contribution in [0.1, 0.15) is 52.4 Å². The van der Waals surface area contributed by atoms with Crippen LogP contribution in [0.2, 0.25) is 0 Å². The van der Waals surface area contributed by atoms with Crippen molar-refractivity contribution in [3.63, 3.8) is 0 Å². The van der Waals surface area contributed by atoms with Gasteiger partial charge in [0.2, 0.25) is 5.91 Å². The fraction of sp³-hybridized carbons (Fsp3) is 0.917. The zero-order valence-corrected chi connectivity index (χ0v) is 10.1. The zero-order valence-electron chi connectivity index (χ0n) is 10.1. The molecule has 0 unspecified atom stereocenters. The standard InChI is InChI=1S/C12H24N2O/c1-3-5-9-14(10-6-4-2)11(15)12(13)7-8-12/h3-10,13H2,1-2H3. The number of unbranched alkanes of at least 4 members (excludes halogenated alkanes) is 2. The number of nitrogens with two attached hydrogens (primary N) is 1. The molecule has 1 aliphatic rings. The highest BCUT2D eigenvalue weighted by Gasteiger charge is 2.47. The van der Waals surface area contributed by atoms with Crippen LogP contribution in [0, 0.1) is 0 Å². The van der Waals surface area contributed by atoms with Crippen LogP contribution in [0.4, 0.5) is 0 Å². The number of carbonyl (C=O) groups is 1. The topological polar surface area (TPSA) is 46.3 Å². The summed E-state index contributed by atoms with van der Waals surface area (Å²) < 4.78 is 0. The van der Waals surface area contributed by atoms with Crippen LogP contribution in [-0.2, 0) is 4.79 Å². The zero-order chi connectivity index (χ0) is 11.3. The van der Waals surface area contributed by atoms with Gasteiger partial charge in [-0.25, -0.2) is 0 Å². The maximum absolute atomic E-state index is 12.0. The lowest BCUT2D eigenvalue weighted by Gasteiger charge is -2.25. The molecular formula is C12H24N2O. The minimum atomic E-state index is -0.485. The second-order valence-corrected chi connectivity index (χ2v) is 4.66. The first kappa shape index (κ1) is 12.5.